The number of nitrogens with zero attached hydrogens (tertiary/aromatic N) is 1. The molecule has 1 heterocycles. The fourth-order valence-electron chi connectivity index (χ4n) is 3.52. The van der Waals surface area contributed by atoms with Crippen molar-refractivity contribution in [1.82, 2.24) is 15.6 Å². The Kier molecular flexibility index (Phi) is 5.11. The minimum Gasteiger partial charge on any atom is -0.481 e. The standard InChI is InChI=1S/C17H24FN3O3/c1-9(11-5-12(18)8-19-7-11)20-16(24)21-10(2)13-6-14(15(22)23)17(13,3)4/h5,7-10,13-14H,6H2,1-4H3,(H,22,23)(H2,20,21,24)/t9-,10?,13-,14+/m0/s1. The van der Waals surface area contributed by atoms with Crippen molar-refractivity contribution in [2.75, 3.05) is 0 Å². The lowest BCUT2D eigenvalue weighted by molar-refractivity contribution is -0.160. The third-order valence-electron chi connectivity index (χ3n) is 5.18. The summed E-state index contributed by atoms with van der Waals surface area (Å²) in [6.45, 7) is 7.45. The van der Waals surface area contributed by atoms with Crippen LogP contribution < -0.4 is 10.6 Å². The number of halogens is 1. The maximum absolute atomic E-state index is 13.2. The normalized spacial score (nSPS) is 24.4. The number of pyridine rings is 1. The van der Waals surface area contributed by atoms with Crippen molar-refractivity contribution in [2.24, 2.45) is 17.3 Å². The number of urea groups is 1. The van der Waals surface area contributed by atoms with E-state index in [1.54, 1.807) is 6.92 Å². The summed E-state index contributed by atoms with van der Waals surface area (Å²) in [6.07, 6.45) is 3.16. The third-order valence-corrected chi connectivity index (χ3v) is 5.18. The van der Waals surface area contributed by atoms with E-state index < -0.39 is 11.8 Å². The molecule has 132 valence electrons. The molecule has 1 aliphatic rings. The zero-order valence-corrected chi connectivity index (χ0v) is 14.3. The first-order valence-electron chi connectivity index (χ1n) is 8.03. The van der Waals surface area contributed by atoms with E-state index in [2.05, 4.69) is 15.6 Å². The zero-order chi connectivity index (χ0) is 18.1. The second-order valence-electron chi connectivity index (χ2n) is 7.12. The maximum atomic E-state index is 13.2. The summed E-state index contributed by atoms with van der Waals surface area (Å²) in [5.41, 5.74) is 0.212. The van der Waals surface area contributed by atoms with E-state index in [4.69, 9.17) is 0 Å². The van der Waals surface area contributed by atoms with Crippen LogP contribution in [0.15, 0.2) is 18.5 Å². The molecule has 6 nitrogen and oxygen atoms in total. The third kappa shape index (κ3) is 3.66. The van der Waals surface area contributed by atoms with Gasteiger partial charge in [-0.25, -0.2) is 9.18 Å². The number of hydrogen-bond donors (Lipinski definition) is 3. The van der Waals surface area contributed by atoms with Crippen molar-refractivity contribution < 1.29 is 19.1 Å². The van der Waals surface area contributed by atoms with E-state index in [1.165, 1.54) is 12.3 Å². The van der Waals surface area contributed by atoms with Crippen LogP contribution >= 0.6 is 0 Å². The molecule has 0 radical (unpaired) electrons. The van der Waals surface area contributed by atoms with Gasteiger partial charge < -0.3 is 15.7 Å². The van der Waals surface area contributed by atoms with E-state index in [-0.39, 0.29) is 35.4 Å². The lowest BCUT2D eigenvalue weighted by Gasteiger charge is -2.52. The lowest BCUT2D eigenvalue weighted by atomic mass is 9.53. The number of carboxylic acids is 1. The molecule has 2 amide bonds. The van der Waals surface area contributed by atoms with Crippen LogP contribution in [0.25, 0.3) is 0 Å². The number of amides is 2. The topological polar surface area (TPSA) is 91.3 Å². The molecule has 0 spiro atoms. The molecule has 1 aromatic heterocycles. The molecule has 1 fully saturated rings. The van der Waals surface area contributed by atoms with Gasteiger partial charge in [0.2, 0.25) is 0 Å². The average Bonchev–Trinajstić information content (AvgIpc) is 2.45. The van der Waals surface area contributed by atoms with Crippen molar-refractivity contribution in [3.05, 3.63) is 29.8 Å². The number of nitrogens with one attached hydrogen (secondary N) is 2. The fourth-order valence-corrected chi connectivity index (χ4v) is 3.52. The molecule has 1 aromatic rings. The van der Waals surface area contributed by atoms with Gasteiger partial charge in [0.05, 0.1) is 18.2 Å². The van der Waals surface area contributed by atoms with Gasteiger partial charge >= 0.3 is 12.0 Å². The Morgan fingerprint density at radius 2 is 2.00 bits per heavy atom. The highest BCUT2D eigenvalue weighted by atomic mass is 19.1. The highest BCUT2D eigenvalue weighted by Crippen LogP contribution is 2.52. The van der Waals surface area contributed by atoms with Crippen LogP contribution in [0.4, 0.5) is 9.18 Å². The maximum Gasteiger partial charge on any atom is 0.315 e. The smallest absolute Gasteiger partial charge is 0.315 e. The van der Waals surface area contributed by atoms with E-state index in [0.717, 1.165) is 6.20 Å². The van der Waals surface area contributed by atoms with Gasteiger partial charge in [0.1, 0.15) is 5.82 Å². The number of hydrogen-bond acceptors (Lipinski definition) is 3. The highest BCUT2D eigenvalue weighted by molar-refractivity contribution is 5.75. The van der Waals surface area contributed by atoms with Crippen LogP contribution in [-0.2, 0) is 4.79 Å². The van der Waals surface area contributed by atoms with Gasteiger partial charge in [-0.1, -0.05) is 13.8 Å². The minimum atomic E-state index is -0.792. The molecule has 3 N–H and O–H groups in total. The van der Waals surface area contributed by atoms with Gasteiger partial charge in [0.25, 0.3) is 0 Å². The molecule has 1 aliphatic carbocycles. The monoisotopic (exact) mass is 337 g/mol. The Bertz CT molecular complexity index is 635. The Labute approximate surface area is 140 Å². The fraction of sp³-hybridized carbons (Fsp3) is 0.588. The van der Waals surface area contributed by atoms with Crippen molar-refractivity contribution in [1.29, 1.82) is 0 Å². The molecular formula is C17H24FN3O3. The van der Waals surface area contributed by atoms with Gasteiger partial charge in [-0.2, -0.15) is 0 Å². The molecule has 2 rings (SSSR count). The van der Waals surface area contributed by atoms with Crippen LogP contribution in [-0.4, -0.2) is 28.1 Å². The molecule has 24 heavy (non-hydrogen) atoms. The lowest BCUT2D eigenvalue weighted by Crippen LogP contribution is -2.58. The Hall–Kier alpha value is -2.18. The molecule has 1 unspecified atom stereocenters. The largest absolute Gasteiger partial charge is 0.481 e. The molecular weight excluding hydrogens is 313 g/mol. The highest BCUT2D eigenvalue weighted by Gasteiger charge is 2.53. The Balaban J connectivity index is 1.90. The zero-order valence-electron chi connectivity index (χ0n) is 14.3. The van der Waals surface area contributed by atoms with Crippen molar-refractivity contribution in [3.63, 3.8) is 0 Å². The average molecular weight is 337 g/mol. The van der Waals surface area contributed by atoms with E-state index in [1.807, 2.05) is 20.8 Å². The molecule has 0 saturated heterocycles. The molecule has 1 saturated carbocycles. The molecule has 0 aliphatic heterocycles. The van der Waals surface area contributed by atoms with E-state index in [9.17, 15) is 19.1 Å². The quantitative estimate of drug-likeness (QED) is 0.770. The summed E-state index contributed by atoms with van der Waals surface area (Å²) in [4.78, 5) is 27.1. The molecule has 4 atom stereocenters. The number of carbonyl (C=O) groups is 2. The van der Waals surface area contributed by atoms with Gasteiger partial charge in [0.15, 0.2) is 0 Å². The summed E-state index contributed by atoms with van der Waals surface area (Å²) in [6, 6.07) is 0.414. The predicted octanol–water partition coefficient (Wildman–Crippen LogP) is 2.72. The Morgan fingerprint density at radius 3 is 2.54 bits per heavy atom. The Morgan fingerprint density at radius 1 is 1.33 bits per heavy atom. The second kappa shape index (κ2) is 6.75. The van der Waals surface area contributed by atoms with Gasteiger partial charge in [-0.05, 0) is 43.2 Å². The number of carboxylic acid groups (broad SMARTS) is 1. The van der Waals surface area contributed by atoms with Crippen LogP contribution in [0.2, 0.25) is 0 Å². The number of aromatic nitrogens is 1. The van der Waals surface area contributed by atoms with Crippen molar-refractivity contribution in [2.45, 2.75) is 46.2 Å². The van der Waals surface area contributed by atoms with Crippen LogP contribution in [0.3, 0.4) is 0 Å². The summed E-state index contributed by atoms with van der Waals surface area (Å²) < 4.78 is 13.2. The van der Waals surface area contributed by atoms with Gasteiger partial charge in [-0.15, -0.1) is 0 Å². The minimum absolute atomic E-state index is 0.0930. The predicted molar refractivity (Wildman–Crippen MR) is 86.8 cm³/mol. The van der Waals surface area contributed by atoms with Crippen molar-refractivity contribution >= 4 is 12.0 Å². The number of rotatable bonds is 5. The molecule has 0 aromatic carbocycles. The van der Waals surface area contributed by atoms with Gasteiger partial charge in [-0.3, -0.25) is 9.78 Å². The first kappa shape index (κ1) is 18.2. The van der Waals surface area contributed by atoms with E-state index in [0.29, 0.717) is 12.0 Å². The first-order chi connectivity index (χ1) is 11.1. The number of carbonyl (C=O) groups excluding carboxylic acids is 1. The van der Waals surface area contributed by atoms with Crippen LogP contribution in [0.5, 0.6) is 0 Å². The first-order valence-corrected chi connectivity index (χ1v) is 8.03. The number of aliphatic carboxylic acids is 1. The molecule has 7 heteroatoms. The summed E-state index contributed by atoms with van der Waals surface area (Å²) in [7, 11) is 0. The summed E-state index contributed by atoms with van der Waals surface area (Å²) in [5.74, 6) is -1.53. The summed E-state index contributed by atoms with van der Waals surface area (Å²) in [5, 5.41) is 14.8. The van der Waals surface area contributed by atoms with Gasteiger partial charge in [0, 0.05) is 12.2 Å². The van der Waals surface area contributed by atoms with Crippen LogP contribution in [0.1, 0.15) is 45.7 Å². The van der Waals surface area contributed by atoms with Crippen molar-refractivity contribution in [3.8, 4) is 0 Å². The molecule has 0 bridgehead atoms. The second-order valence-corrected chi connectivity index (χ2v) is 7.12. The SMILES string of the molecule is CC(NC(=O)N[C@@H](C)c1cncc(F)c1)[C@@H]1C[C@H](C(=O)O)C1(C)C. The van der Waals surface area contributed by atoms with Crippen LogP contribution in [0, 0.1) is 23.1 Å². The van der Waals surface area contributed by atoms with E-state index >= 15 is 0 Å². The summed E-state index contributed by atoms with van der Waals surface area (Å²) >= 11 is 0.